The zero-order valence-corrected chi connectivity index (χ0v) is 16.6. The van der Waals surface area contributed by atoms with Crippen LogP contribution >= 0.6 is 0 Å². The first-order valence-corrected chi connectivity index (χ1v) is 9.79. The molecule has 138 valence electrons. The molecule has 24 heavy (non-hydrogen) atoms. The van der Waals surface area contributed by atoms with Crippen LogP contribution in [0.2, 0.25) is 0 Å². The van der Waals surface area contributed by atoms with Gasteiger partial charge in [-0.05, 0) is 36.8 Å². The molecule has 1 aliphatic carbocycles. The quantitative estimate of drug-likeness (QED) is 0.604. The molecule has 0 saturated heterocycles. The predicted molar refractivity (Wildman–Crippen MR) is 103 cm³/mol. The number of nitrogens with zero attached hydrogens (tertiary/aromatic N) is 1. The number of hydrogen-bond donors (Lipinski definition) is 0. The zero-order chi connectivity index (χ0) is 18.4. The van der Waals surface area contributed by atoms with E-state index in [2.05, 4.69) is 26.0 Å². The second-order valence-electron chi connectivity index (χ2n) is 5.45. The topological polar surface area (TPSA) is 29.5 Å². The van der Waals surface area contributed by atoms with Crippen LogP contribution in [-0.4, -0.2) is 24.1 Å². The molecule has 1 unspecified atom stereocenters. The molecule has 1 amide bonds. The van der Waals surface area contributed by atoms with Crippen molar-refractivity contribution in [1.29, 1.82) is 0 Å². The molecule has 0 aromatic heterocycles. The molecule has 0 N–H and O–H groups in total. The number of carbonyl (C=O) groups is 1. The Bertz CT molecular complexity index is 445. The fourth-order valence-electron chi connectivity index (χ4n) is 2.75. The summed E-state index contributed by atoms with van der Waals surface area (Å²) in [6, 6.07) is 8.28. The van der Waals surface area contributed by atoms with Crippen LogP contribution in [0.5, 0.6) is 0 Å². The lowest BCUT2D eigenvalue weighted by molar-refractivity contribution is 0.0624. The van der Waals surface area contributed by atoms with E-state index in [1.807, 2.05) is 44.7 Å². The average molecular weight is 336 g/mol. The van der Waals surface area contributed by atoms with Crippen molar-refractivity contribution in [3.63, 3.8) is 0 Å². The lowest BCUT2D eigenvalue weighted by Crippen LogP contribution is -2.33. The van der Waals surface area contributed by atoms with Crippen molar-refractivity contribution >= 4 is 6.09 Å². The highest BCUT2D eigenvalue weighted by atomic mass is 16.6. The van der Waals surface area contributed by atoms with E-state index >= 15 is 0 Å². The van der Waals surface area contributed by atoms with Crippen molar-refractivity contribution in [2.45, 2.75) is 79.8 Å². The number of rotatable bonds is 6. The van der Waals surface area contributed by atoms with Gasteiger partial charge < -0.3 is 9.64 Å². The minimum absolute atomic E-state index is 0.0558. The van der Waals surface area contributed by atoms with Gasteiger partial charge in [-0.1, -0.05) is 72.2 Å². The molecule has 0 aliphatic heterocycles. The Morgan fingerprint density at radius 1 is 1.08 bits per heavy atom. The number of aryl methyl sites for hydroxylation is 1. The zero-order valence-electron chi connectivity index (χ0n) is 16.6. The van der Waals surface area contributed by atoms with Gasteiger partial charge in [0.25, 0.3) is 0 Å². The Labute approximate surface area is 149 Å². The number of carbonyl (C=O) groups excluding carboxylic acids is 1. The summed E-state index contributed by atoms with van der Waals surface area (Å²) in [6.45, 7) is 13.8. The molecule has 1 aromatic carbocycles. The molecule has 1 aliphatic rings. The van der Waals surface area contributed by atoms with Crippen molar-refractivity contribution in [1.82, 2.24) is 4.90 Å². The van der Waals surface area contributed by atoms with Crippen molar-refractivity contribution < 1.29 is 9.53 Å². The van der Waals surface area contributed by atoms with Crippen LogP contribution in [0.15, 0.2) is 24.3 Å². The van der Waals surface area contributed by atoms with Crippen molar-refractivity contribution in [3.8, 4) is 0 Å². The van der Waals surface area contributed by atoms with Crippen molar-refractivity contribution in [3.05, 3.63) is 35.4 Å². The second kappa shape index (κ2) is 13.9. The molecule has 0 radical (unpaired) electrons. The smallest absolute Gasteiger partial charge is 0.410 e. The highest BCUT2D eigenvalue weighted by Gasteiger charge is 2.27. The Hall–Kier alpha value is -1.51. The Morgan fingerprint density at radius 2 is 1.75 bits per heavy atom. The number of fused-ring (bicyclic) bond motifs is 1. The maximum Gasteiger partial charge on any atom is 0.410 e. The van der Waals surface area contributed by atoms with Gasteiger partial charge in [0.1, 0.15) is 6.10 Å². The summed E-state index contributed by atoms with van der Waals surface area (Å²) in [7, 11) is 0. The minimum atomic E-state index is -0.151. The SMILES string of the molecule is CC.CC.CCCCN(CCC)C(=O)OC1CCc2ccccc21. The van der Waals surface area contributed by atoms with Crippen molar-refractivity contribution in [2.24, 2.45) is 0 Å². The molecule has 0 spiro atoms. The molecule has 2 rings (SSSR count). The Morgan fingerprint density at radius 3 is 2.38 bits per heavy atom. The van der Waals surface area contributed by atoms with Gasteiger partial charge in [-0.15, -0.1) is 0 Å². The number of hydrogen-bond acceptors (Lipinski definition) is 2. The molecular formula is C21H37NO2. The summed E-state index contributed by atoms with van der Waals surface area (Å²) < 4.78 is 5.74. The van der Waals surface area contributed by atoms with Gasteiger partial charge in [0.15, 0.2) is 0 Å². The molecule has 3 nitrogen and oxygen atoms in total. The van der Waals surface area contributed by atoms with Gasteiger partial charge in [-0.3, -0.25) is 0 Å². The molecule has 3 heteroatoms. The largest absolute Gasteiger partial charge is 0.441 e. The minimum Gasteiger partial charge on any atom is -0.441 e. The highest BCUT2D eigenvalue weighted by Crippen LogP contribution is 2.34. The summed E-state index contributed by atoms with van der Waals surface area (Å²) in [4.78, 5) is 14.2. The van der Waals surface area contributed by atoms with Crippen LogP contribution < -0.4 is 0 Å². The molecule has 1 atom stereocenters. The van der Waals surface area contributed by atoms with Crippen LogP contribution in [0.25, 0.3) is 0 Å². The third kappa shape index (κ3) is 6.94. The molecular weight excluding hydrogens is 298 g/mol. The summed E-state index contributed by atoms with van der Waals surface area (Å²) in [5, 5.41) is 0. The highest BCUT2D eigenvalue weighted by molar-refractivity contribution is 5.68. The monoisotopic (exact) mass is 335 g/mol. The van der Waals surface area contributed by atoms with Gasteiger partial charge in [-0.25, -0.2) is 4.79 Å². The first-order valence-electron chi connectivity index (χ1n) is 9.79. The van der Waals surface area contributed by atoms with E-state index in [4.69, 9.17) is 4.74 Å². The summed E-state index contributed by atoms with van der Waals surface area (Å²) >= 11 is 0. The van der Waals surface area contributed by atoms with E-state index in [9.17, 15) is 4.79 Å². The molecule has 0 bridgehead atoms. The first kappa shape index (κ1) is 22.5. The van der Waals surface area contributed by atoms with Gasteiger partial charge in [0.2, 0.25) is 0 Å². The Balaban J connectivity index is 0.00000123. The van der Waals surface area contributed by atoms with Crippen molar-refractivity contribution in [2.75, 3.05) is 13.1 Å². The predicted octanol–water partition coefficient (Wildman–Crippen LogP) is 6.38. The molecule has 0 fully saturated rings. The van der Waals surface area contributed by atoms with Gasteiger partial charge >= 0.3 is 6.09 Å². The molecule has 0 saturated carbocycles. The van der Waals surface area contributed by atoms with Crippen LogP contribution in [0.4, 0.5) is 4.79 Å². The van der Waals surface area contributed by atoms with Crippen LogP contribution in [0, 0.1) is 0 Å². The second-order valence-corrected chi connectivity index (χ2v) is 5.45. The van der Waals surface area contributed by atoms with E-state index in [1.165, 1.54) is 11.1 Å². The normalized spacial score (nSPS) is 14.5. The number of unbranched alkanes of at least 4 members (excludes halogenated alkanes) is 1. The first-order chi connectivity index (χ1) is 11.8. The van der Waals surface area contributed by atoms with Crippen LogP contribution in [0.3, 0.4) is 0 Å². The third-order valence-electron chi connectivity index (χ3n) is 3.85. The average Bonchev–Trinajstić information content (AvgIpc) is 3.05. The Kier molecular flexibility index (Phi) is 13.0. The summed E-state index contributed by atoms with van der Waals surface area (Å²) in [5.74, 6) is 0. The van der Waals surface area contributed by atoms with Crippen LogP contribution in [-0.2, 0) is 11.2 Å². The third-order valence-corrected chi connectivity index (χ3v) is 3.85. The van der Waals surface area contributed by atoms with Crippen LogP contribution in [0.1, 0.15) is 84.5 Å². The maximum atomic E-state index is 12.3. The van der Waals surface area contributed by atoms with E-state index in [0.29, 0.717) is 0 Å². The van der Waals surface area contributed by atoms with E-state index in [1.54, 1.807) is 0 Å². The lowest BCUT2D eigenvalue weighted by atomic mass is 10.1. The fraction of sp³-hybridized carbons (Fsp3) is 0.667. The maximum absolute atomic E-state index is 12.3. The fourth-order valence-corrected chi connectivity index (χ4v) is 2.75. The molecule has 1 aromatic rings. The summed E-state index contributed by atoms with van der Waals surface area (Å²) in [5.41, 5.74) is 2.51. The van der Waals surface area contributed by atoms with Gasteiger partial charge in [0, 0.05) is 13.1 Å². The van der Waals surface area contributed by atoms with E-state index in [0.717, 1.165) is 45.2 Å². The van der Waals surface area contributed by atoms with Gasteiger partial charge in [-0.2, -0.15) is 0 Å². The molecule has 0 heterocycles. The number of benzene rings is 1. The van der Waals surface area contributed by atoms with E-state index in [-0.39, 0.29) is 12.2 Å². The number of amides is 1. The van der Waals surface area contributed by atoms with Gasteiger partial charge in [0.05, 0.1) is 0 Å². The standard InChI is InChI=1S/C17H25NO2.2C2H6/c1-3-5-13-18(12-4-2)17(19)20-16-11-10-14-8-6-7-9-15(14)16;2*1-2/h6-9,16H,3-5,10-13H2,1-2H3;2*1-2H3. The van der Waals surface area contributed by atoms with E-state index < -0.39 is 0 Å². The number of ether oxygens (including phenoxy) is 1. The lowest BCUT2D eigenvalue weighted by Gasteiger charge is -2.24. The summed E-state index contributed by atoms with van der Waals surface area (Å²) in [6.07, 6.45) is 4.83.